The molecule has 0 saturated carbocycles. The van der Waals surface area contributed by atoms with Gasteiger partial charge in [-0.25, -0.2) is 0 Å². The Hall–Kier alpha value is -0.280. The summed E-state index contributed by atoms with van der Waals surface area (Å²) in [5.74, 6) is 0. The summed E-state index contributed by atoms with van der Waals surface area (Å²) in [6.45, 7) is 8.68. The fourth-order valence-corrected chi connectivity index (χ4v) is 2.11. The van der Waals surface area contributed by atoms with E-state index in [0.29, 0.717) is 22.1 Å². The van der Waals surface area contributed by atoms with E-state index in [2.05, 4.69) is 38.0 Å². The first-order valence-electron chi connectivity index (χ1n) is 6.80. The largest absolute Gasteiger partial charge is 0.310 e. The first kappa shape index (κ1) is 16.8. The van der Waals surface area contributed by atoms with E-state index >= 15 is 0 Å². The molecule has 1 aromatic rings. The van der Waals surface area contributed by atoms with E-state index in [1.54, 1.807) is 0 Å². The van der Waals surface area contributed by atoms with Crippen molar-refractivity contribution in [2.24, 2.45) is 0 Å². The fraction of sp³-hybridized carbons (Fsp3) is 0.600. The molecular weight excluding hydrogens is 279 g/mol. The van der Waals surface area contributed by atoms with Gasteiger partial charge >= 0.3 is 0 Å². The van der Waals surface area contributed by atoms with Gasteiger partial charge in [-0.15, -0.1) is 0 Å². The van der Waals surface area contributed by atoms with Gasteiger partial charge in [0.25, 0.3) is 0 Å². The molecule has 0 aliphatic heterocycles. The van der Waals surface area contributed by atoms with Crippen LogP contribution in [0.5, 0.6) is 0 Å². The summed E-state index contributed by atoms with van der Waals surface area (Å²) in [5, 5.41) is 4.74. The summed E-state index contributed by atoms with van der Waals surface area (Å²) in [6, 6.07) is 6.70. The third kappa shape index (κ3) is 5.70. The van der Waals surface area contributed by atoms with Crippen molar-refractivity contribution in [1.82, 2.24) is 10.2 Å². The maximum Gasteiger partial charge on any atom is 0.0595 e. The zero-order valence-corrected chi connectivity index (χ0v) is 13.7. The zero-order chi connectivity index (χ0) is 14.4. The van der Waals surface area contributed by atoms with Crippen molar-refractivity contribution in [3.8, 4) is 0 Å². The van der Waals surface area contributed by atoms with Crippen LogP contribution in [-0.2, 0) is 0 Å². The second-order valence-corrected chi connectivity index (χ2v) is 6.09. The maximum absolute atomic E-state index is 6.03. The summed E-state index contributed by atoms with van der Waals surface area (Å²) >= 11 is 11.9. The van der Waals surface area contributed by atoms with Crippen molar-refractivity contribution in [3.63, 3.8) is 0 Å². The Kier molecular flexibility index (Phi) is 7.16. The molecule has 0 amide bonds. The second-order valence-electron chi connectivity index (χ2n) is 5.28. The van der Waals surface area contributed by atoms with Crippen molar-refractivity contribution in [1.29, 1.82) is 0 Å². The SMILES string of the molecule is CC(NCCCN(C)C(C)C)c1ccc(Cl)c(Cl)c1. The molecule has 19 heavy (non-hydrogen) atoms. The topological polar surface area (TPSA) is 15.3 Å². The van der Waals surface area contributed by atoms with Crippen LogP contribution in [0.25, 0.3) is 0 Å². The van der Waals surface area contributed by atoms with E-state index in [1.165, 1.54) is 5.56 Å². The Balaban J connectivity index is 2.35. The van der Waals surface area contributed by atoms with E-state index in [1.807, 2.05) is 18.2 Å². The summed E-state index contributed by atoms with van der Waals surface area (Å²) in [4.78, 5) is 2.35. The van der Waals surface area contributed by atoms with Gasteiger partial charge in [0.1, 0.15) is 0 Å². The number of hydrogen-bond donors (Lipinski definition) is 1. The van der Waals surface area contributed by atoms with Crippen LogP contribution in [0, 0.1) is 0 Å². The number of halogens is 2. The molecule has 0 fully saturated rings. The van der Waals surface area contributed by atoms with E-state index in [4.69, 9.17) is 23.2 Å². The van der Waals surface area contributed by atoms with Crippen LogP contribution in [0.1, 0.15) is 38.8 Å². The Morgan fingerprint density at radius 1 is 1.16 bits per heavy atom. The smallest absolute Gasteiger partial charge is 0.0595 e. The molecule has 1 atom stereocenters. The van der Waals surface area contributed by atoms with Gasteiger partial charge in [0.15, 0.2) is 0 Å². The van der Waals surface area contributed by atoms with Crippen LogP contribution >= 0.6 is 23.2 Å². The van der Waals surface area contributed by atoms with Crippen LogP contribution in [0.15, 0.2) is 18.2 Å². The fourth-order valence-electron chi connectivity index (χ4n) is 1.80. The zero-order valence-electron chi connectivity index (χ0n) is 12.2. The molecule has 0 bridgehead atoms. The molecule has 0 spiro atoms. The summed E-state index contributed by atoms with van der Waals surface area (Å²) in [7, 11) is 2.16. The molecule has 0 aliphatic rings. The number of nitrogens with one attached hydrogen (secondary N) is 1. The standard InChI is InChI=1S/C15H24Cl2N2/c1-11(2)19(4)9-5-8-18-12(3)13-6-7-14(16)15(17)10-13/h6-7,10-12,18H,5,8-9H2,1-4H3. The highest BCUT2D eigenvalue weighted by molar-refractivity contribution is 6.42. The predicted molar refractivity (Wildman–Crippen MR) is 85.3 cm³/mol. The average molecular weight is 303 g/mol. The van der Waals surface area contributed by atoms with Gasteiger partial charge in [-0.3, -0.25) is 0 Å². The molecule has 1 rings (SSSR count). The van der Waals surface area contributed by atoms with Gasteiger partial charge in [-0.2, -0.15) is 0 Å². The van der Waals surface area contributed by atoms with Crippen LogP contribution in [-0.4, -0.2) is 31.1 Å². The number of rotatable bonds is 7. The van der Waals surface area contributed by atoms with Gasteiger partial charge < -0.3 is 10.2 Å². The highest BCUT2D eigenvalue weighted by Gasteiger charge is 2.07. The van der Waals surface area contributed by atoms with E-state index in [9.17, 15) is 0 Å². The molecule has 0 saturated heterocycles. The number of nitrogens with zero attached hydrogens (tertiary/aromatic N) is 1. The Morgan fingerprint density at radius 3 is 2.42 bits per heavy atom. The van der Waals surface area contributed by atoms with Crippen molar-refractivity contribution in [2.75, 3.05) is 20.1 Å². The third-order valence-corrected chi connectivity index (χ3v) is 4.20. The molecule has 4 heteroatoms. The minimum Gasteiger partial charge on any atom is -0.310 e. The first-order chi connectivity index (χ1) is 8.91. The second kappa shape index (κ2) is 8.11. The quantitative estimate of drug-likeness (QED) is 0.752. The van der Waals surface area contributed by atoms with Crippen LogP contribution in [0.2, 0.25) is 10.0 Å². The van der Waals surface area contributed by atoms with Gasteiger partial charge in [0, 0.05) is 12.1 Å². The molecule has 1 aromatic carbocycles. The van der Waals surface area contributed by atoms with Gasteiger partial charge in [-0.1, -0.05) is 29.3 Å². The molecule has 1 N–H and O–H groups in total. The Morgan fingerprint density at radius 2 is 1.84 bits per heavy atom. The third-order valence-electron chi connectivity index (χ3n) is 3.46. The van der Waals surface area contributed by atoms with Crippen molar-refractivity contribution >= 4 is 23.2 Å². The van der Waals surface area contributed by atoms with Crippen LogP contribution in [0.4, 0.5) is 0 Å². The van der Waals surface area contributed by atoms with E-state index in [0.717, 1.165) is 19.5 Å². The molecule has 1 unspecified atom stereocenters. The highest BCUT2D eigenvalue weighted by Crippen LogP contribution is 2.25. The highest BCUT2D eigenvalue weighted by atomic mass is 35.5. The Labute approximate surface area is 127 Å². The van der Waals surface area contributed by atoms with E-state index in [-0.39, 0.29) is 0 Å². The lowest BCUT2D eigenvalue weighted by atomic mass is 10.1. The normalized spacial score (nSPS) is 13.3. The predicted octanol–water partition coefficient (Wildman–Crippen LogP) is 4.37. The minimum absolute atomic E-state index is 0.291. The molecule has 0 aliphatic carbocycles. The summed E-state index contributed by atoms with van der Waals surface area (Å²) < 4.78 is 0. The minimum atomic E-state index is 0.291. The molecule has 2 nitrogen and oxygen atoms in total. The summed E-state index contributed by atoms with van der Waals surface area (Å²) in [6.07, 6.45) is 1.14. The molecule has 108 valence electrons. The molecule has 0 radical (unpaired) electrons. The van der Waals surface area contributed by atoms with Crippen molar-refractivity contribution < 1.29 is 0 Å². The number of benzene rings is 1. The van der Waals surface area contributed by atoms with Crippen molar-refractivity contribution in [2.45, 2.75) is 39.3 Å². The Bertz CT molecular complexity index is 394. The molecule has 0 heterocycles. The first-order valence-corrected chi connectivity index (χ1v) is 7.56. The molecular formula is C15H24Cl2N2. The lowest BCUT2D eigenvalue weighted by molar-refractivity contribution is 0.268. The van der Waals surface area contributed by atoms with Crippen molar-refractivity contribution in [3.05, 3.63) is 33.8 Å². The van der Waals surface area contributed by atoms with E-state index < -0.39 is 0 Å². The summed E-state index contributed by atoms with van der Waals surface area (Å²) in [5.41, 5.74) is 1.17. The van der Waals surface area contributed by atoms with Crippen LogP contribution < -0.4 is 5.32 Å². The number of hydrogen-bond acceptors (Lipinski definition) is 2. The monoisotopic (exact) mass is 302 g/mol. The lowest BCUT2D eigenvalue weighted by Gasteiger charge is -2.21. The average Bonchev–Trinajstić information content (AvgIpc) is 2.37. The lowest BCUT2D eigenvalue weighted by Crippen LogP contribution is -2.30. The van der Waals surface area contributed by atoms with Gasteiger partial charge in [-0.05, 0) is 65.0 Å². The van der Waals surface area contributed by atoms with Gasteiger partial charge in [0.05, 0.1) is 10.0 Å². The van der Waals surface area contributed by atoms with Gasteiger partial charge in [0.2, 0.25) is 0 Å². The maximum atomic E-state index is 6.03. The van der Waals surface area contributed by atoms with Crippen LogP contribution in [0.3, 0.4) is 0 Å². The molecule has 0 aromatic heterocycles.